The lowest BCUT2D eigenvalue weighted by molar-refractivity contribution is -0.124. The molecule has 3 rings (SSSR count). The average molecular weight is 360 g/mol. The molecule has 4 nitrogen and oxygen atoms in total. The Morgan fingerprint density at radius 2 is 1.81 bits per heavy atom. The minimum atomic E-state index is -0.666. The molecule has 0 unspecified atom stereocenters. The summed E-state index contributed by atoms with van der Waals surface area (Å²) in [7, 11) is 0. The first-order chi connectivity index (χ1) is 13.0. The summed E-state index contributed by atoms with van der Waals surface area (Å²) in [6, 6.07) is 16.6. The van der Waals surface area contributed by atoms with Crippen molar-refractivity contribution < 1.29 is 9.59 Å². The highest BCUT2D eigenvalue weighted by atomic mass is 16.2. The van der Waals surface area contributed by atoms with E-state index >= 15 is 0 Å². The van der Waals surface area contributed by atoms with Crippen LogP contribution in [0.25, 0.3) is 5.57 Å². The molecule has 0 aromatic heterocycles. The summed E-state index contributed by atoms with van der Waals surface area (Å²) in [6.07, 6.45) is 1.83. The van der Waals surface area contributed by atoms with Gasteiger partial charge in [-0.15, -0.1) is 6.58 Å². The summed E-state index contributed by atoms with van der Waals surface area (Å²) in [4.78, 5) is 27.6. The van der Waals surface area contributed by atoms with Crippen molar-refractivity contribution in [3.8, 4) is 0 Å². The van der Waals surface area contributed by atoms with Crippen LogP contribution in [0.1, 0.15) is 36.6 Å². The molecule has 0 aliphatic carbocycles. The quantitative estimate of drug-likeness (QED) is 0.796. The molecule has 1 aliphatic rings. The number of hydrogen-bond donors (Lipinski definition) is 1. The standard InChI is InChI=1S/C23H24N2O2/c1-4-14-25-15-19-12-8-9-13-20(19)21(16(25)2)23(27)24-22(17(3)26)18-10-6-5-7-11-18/h4-13,22H,1,14-15H2,2-3H3,(H,24,27)/t22-/m1/s1. The minimum Gasteiger partial charge on any atom is -0.366 e. The van der Waals surface area contributed by atoms with Gasteiger partial charge in [0.2, 0.25) is 0 Å². The number of ketones is 1. The van der Waals surface area contributed by atoms with E-state index in [1.54, 1.807) is 0 Å². The Labute approximate surface area is 160 Å². The summed E-state index contributed by atoms with van der Waals surface area (Å²) < 4.78 is 0. The van der Waals surface area contributed by atoms with Gasteiger partial charge in [0.25, 0.3) is 5.91 Å². The molecule has 1 N–H and O–H groups in total. The van der Waals surface area contributed by atoms with E-state index < -0.39 is 6.04 Å². The molecule has 2 aromatic rings. The maximum atomic E-state index is 13.2. The summed E-state index contributed by atoms with van der Waals surface area (Å²) in [6.45, 7) is 8.65. The molecule has 1 amide bonds. The van der Waals surface area contributed by atoms with Crippen LogP contribution in [-0.2, 0) is 16.1 Å². The number of carbonyl (C=O) groups is 2. The monoisotopic (exact) mass is 360 g/mol. The Morgan fingerprint density at radius 3 is 2.48 bits per heavy atom. The lowest BCUT2D eigenvalue weighted by Gasteiger charge is -2.33. The van der Waals surface area contributed by atoms with E-state index in [-0.39, 0.29) is 11.7 Å². The van der Waals surface area contributed by atoms with Gasteiger partial charge >= 0.3 is 0 Å². The molecule has 0 bridgehead atoms. The third-order valence-corrected chi connectivity index (χ3v) is 4.88. The number of Topliss-reactive ketones (excluding diaryl/α,β-unsaturated/α-hetero) is 1. The number of hydrogen-bond acceptors (Lipinski definition) is 3. The molecule has 1 atom stereocenters. The predicted molar refractivity (Wildman–Crippen MR) is 108 cm³/mol. The molecule has 0 spiro atoms. The van der Waals surface area contributed by atoms with Crippen LogP contribution in [0.3, 0.4) is 0 Å². The molecule has 2 aromatic carbocycles. The van der Waals surface area contributed by atoms with Gasteiger partial charge in [-0.25, -0.2) is 0 Å². The predicted octanol–water partition coefficient (Wildman–Crippen LogP) is 3.87. The van der Waals surface area contributed by atoms with Gasteiger partial charge in [0.05, 0.1) is 5.57 Å². The summed E-state index contributed by atoms with van der Waals surface area (Å²) >= 11 is 0. The Morgan fingerprint density at radius 1 is 1.15 bits per heavy atom. The molecule has 1 heterocycles. The lowest BCUT2D eigenvalue weighted by Crippen LogP contribution is -2.37. The SMILES string of the molecule is C=CCN1Cc2ccccc2C(C(=O)N[C@H](C(C)=O)c2ccccc2)=C1C. The number of allylic oxidation sites excluding steroid dienone is 1. The molecule has 138 valence electrons. The van der Waals surface area contributed by atoms with E-state index in [2.05, 4.69) is 16.8 Å². The zero-order chi connectivity index (χ0) is 19.4. The number of carbonyl (C=O) groups excluding carboxylic acids is 2. The molecule has 0 radical (unpaired) electrons. The van der Waals surface area contributed by atoms with Crippen LogP contribution in [0.2, 0.25) is 0 Å². The van der Waals surface area contributed by atoms with Crippen molar-refractivity contribution in [3.05, 3.63) is 89.6 Å². The van der Waals surface area contributed by atoms with E-state index in [1.807, 2.05) is 67.6 Å². The van der Waals surface area contributed by atoms with Gasteiger partial charge in [-0.2, -0.15) is 0 Å². The maximum Gasteiger partial charge on any atom is 0.254 e. The smallest absolute Gasteiger partial charge is 0.254 e. The van der Waals surface area contributed by atoms with Crippen molar-refractivity contribution in [3.63, 3.8) is 0 Å². The fourth-order valence-corrected chi connectivity index (χ4v) is 3.49. The molecule has 27 heavy (non-hydrogen) atoms. The Bertz CT molecular complexity index is 900. The third-order valence-electron chi connectivity index (χ3n) is 4.88. The van der Waals surface area contributed by atoms with Gasteiger partial charge < -0.3 is 10.2 Å². The summed E-state index contributed by atoms with van der Waals surface area (Å²) in [5.41, 5.74) is 4.29. The highest BCUT2D eigenvalue weighted by Crippen LogP contribution is 2.32. The minimum absolute atomic E-state index is 0.0974. The van der Waals surface area contributed by atoms with E-state index in [9.17, 15) is 9.59 Å². The topological polar surface area (TPSA) is 49.4 Å². The average Bonchev–Trinajstić information content (AvgIpc) is 2.67. The number of nitrogens with zero attached hydrogens (tertiary/aromatic N) is 1. The maximum absolute atomic E-state index is 13.2. The van der Waals surface area contributed by atoms with Crippen molar-refractivity contribution in [1.29, 1.82) is 0 Å². The van der Waals surface area contributed by atoms with Crippen LogP contribution >= 0.6 is 0 Å². The van der Waals surface area contributed by atoms with E-state index in [1.165, 1.54) is 6.92 Å². The zero-order valence-electron chi connectivity index (χ0n) is 15.7. The highest BCUT2D eigenvalue weighted by molar-refractivity contribution is 6.21. The van der Waals surface area contributed by atoms with Crippen molar-refractivity contribution in [2.45, 2.75) is 26.4 Å². The van der Waals surface area contributed by atoms with Gasteiger partial charge in [-0.05, 0) is 30.5 Å². The molecule has 0 saturated carbocycles. The van der Waals surface area contributed by atoms with Gasteiger partial charge in [0, 0.05) is 18.8 Å². The van der Waals surface area contributed by atoms with Crippen molar-refractivity contribution >= 4 is 17.3 Å². The second-order valence-corrected chi connectivity index (χ2v) is 6.71. The van der Waals surface area contributed by atoms with Crippen molar-refractivity contribution in [2.75, 3.05) is 6.54 Å². The van der Waals surface area contributed by atoms with Gasteiger partial charge in [0.15, 0.2) is 5.78 Å². The first-order valence-electron chi connectivity index (χ1n) is 9.04. The number of fused-ring (bicyclic) bond motifs is 1. The number of amides is 1. The number of nitrogens with one attached hydrogen (secondary N) is 1. The van der Waals surface area contributed by atoms with E-state index in [4.69, 9.17) is 0 Å². The van der Waals surface area contributed by atoms with Crippen LogP contribution in [0, 0.1) is 0 Å². The third kappa shape index (κ3) is 3.85. The molecule has 0 saturated heterocycles. The second kappa shape index (κ2) is 8.04. The molecule has 4 heteroatoms. The van der Waals surface area contributed by atoms with Crippen LogP contribution in [0.15, 0.2) is 72.9 Å². The van der Waals surface area contributed by atoms with Gasteiger partial charge in [0.1, 0.15) is 6.04 Å². The van der Waals surface area contributed by atoms with Gasteiger partial charge in [-0.1, -0.05) is 60.7 Å². The zero-order valence-corrected chi connectivity index (χ0v) is 15.7. The van der Waals surface area contributed by atoms with Crippen molar-refractivity contribution in [1.82, 2.24) is 10.2 Å². The van der Waals surface area contributed by atoms with Crippen LogP contribution in [0.4, 0.5) is 0 Å². The Kier molecular flexibility index (Phi) is 5.55. The summed E-state index contributed by atoms with van der Waals surface area (Å²) in [5, 5.41) is 2.94. The van der Waals surface area contributed by atoms with Crippen LogP contribution < -0.4 is 5.32 Å². The van der Waals surface area contributed by atoms with Gasteiger partial charge in [-0.3, -0.25) is 9.59 Å². The molecule has 0 fully saturated rings. The highest BCUT2D eigenvalue weighted by Gasteiger charge is 2.28. The van der Waals surface area contributed by atoms with Crippen molar-refractivity contribution in [2.24, 2.45) is 0 Å². The first kappa shape index (κ1) is 18.6. The Hall–Kier alpha value is -3.14. The molecule has 1 aliphatic heterocycles. The fraction of sp³-hybridized carbons (Fsp3) is 0.217. The second-order valence-electron chi connectivity index (χ2n) is 6.71. The normalized spacial score (nSPS) is 14.4. The first-order valence-corrected chi connectivity index (χ1v) is 9.04. The summed E-state index contributed by atoms with van der Waals surface area (Å²) in [5.74, 6) is -0.336. The Balaban J connectivity index is 1.98. The van der Waals surface area contributed by atoms with E-state index in [0.717, 1.165) is 28.9 Å². The van der Waals surface area contributed by atoms with Crippen LogP contribution in [0.5, 0.6) is 0 Å². The lowest BCUT2D eigenvalue weighted by atomic mass is 9.92. The van der Waals surface area contributed by atoms with E-state index in [0.29, 0.717) is 12.1 Å². The molecular weight excluding hydrogens is 336 g/mol. The fourth-order valence-electron chi connectivity index (χ4n) is 3.49. The number of rotatable bonds is 6. The largest absolute Gasteiger partial charge is 0.366 e. The van der Waals surface area contributed by atoms with Crippen LogP contribution in [-0.4, -0.2) is 23.1 Å². The molecular formula is C23H24N2O2. The number of benzene rings is 2.